The van der Waals surface area contributed by atoms with Crippen LogP contribution in [0.1, 0.15) is 39.5 Å². The average Bonchev–Trinajstić information content (AvgIpc) is 2.57. The summed E-state index contributed by atoms with van der Waals surface area (Å²) in [4.78, 5) is 2.52. The van der Waals surface area contributed by atoms with E-state index in [2.05, 4.69) is 29.4 Å². The van der Waals surface area contributed by atoms with Gasteiger partial charge in [-0.1, -0.05) is 38.8 Å². The molecule has 0 atom stereocenters. The molecule has 23 heavy (non-hydrogen) atoms. The zero-order chi connectivity index (χ0) is 16.9. The lowest BCUT2D eigenvalue weighted by Crippen LogP contribution is -2.37. The molecule has 0 bridgehead atoms. The highest BCUT2D eigenvalue weighted by Crippen LogP contribution is 2.22. The second-order valence-corrected chi connectivity index (χ2v) is 6.04. The molecule has 0 amide bonds. The number of ether oxygens (including phenoxy) is 1. The predicted octanol–water partition coefficient (Wildman–Crippen LogP) is 3.88. The van der Waals surface area contributed by atoms with E-state index >= 15 is 0 Å². The molecule has 0 aliphatic heterocycles. The van der Waals surface area contributed by atoms with Crippen LogP contribution in [0.2, 0.25) is 0 Å². The van der Waals surface area contributed by atoms with E-state index in [4.69, 9.17) is 17.0 Å². The van der Waals surface area contributed by atoms with Crippen molar-refractivity contribution in [2.75, 3.05) is 38.6 Å². The van der Waals surface area contributed by atoms with Crippen LogP contribution < -0.4 is 15.4 Å². The highest BCUT2D eigenvalue weighted by atomic mass is 32.1. The van der Waals surface area contributed by atoms with Crippen LogP contribution >= 0.6 is 12.2 Å². The Morgan fingerprint density at radius 1 is 1.09 bits per heavy atom. The highest BCUT2D eigenvalue weighted by Gasteiger charge is 2.06. The van der Waals surface area contributed by atoms with E-state index in [0.29, 0.717) is 5.11 Å². The van der Waals surface area contributed by atoms with Gasteiger partial charge in [-0.3, -0.25) is 0 Å². The number of rotatable bonds is 11. The smallest absolute Gasteiger partial charge is 0.170 e. The Bertz CT molecular complexity index is 446. The van der Waals surface area contributed by atoms with Crippen molar-refractivity contribution in [3.8, 4) is 5.75 Å². The lowest BCUT2D eigenvalue weighted by Gasteiger charge is -2.22. The summed E-state index contributed by atoms with van der Waals surface area (Å²) < 4.78 is 5.32. The van der Waals surface area contributed by atoms with Crippen LogP contribution in [-0.2, 0) is 0 Å². The van der Waals surface area contributed by atoms with Gasteiger partial charge in [0, 0.05) is 13.1 Å². The normalized spacial score (nSPS) is 10.6. The van der Waals surface area contributed by atoms with Crippen molar-refractivity contribution < 1.29 is 4.74 Å². The first-order chi connectivity index (χ1) is 11.2. The molecular formula is C18H31N3OS. The van der Waals surface area contributed by atoms with E-state index in [9.17, 15) is 0 Å². The number of hydrogen-bond acceptors (Lipinski definition) is 3. The summed E-state index contributed by atoms with van der Waals surface area (Å²) in [6.07, 6.45) is 4.99. The number of unbranched alkanes of at least 4 members (excludes halogenated alkanes) is 2. The van der Waals surface area contributed by atoms with E-state index in [0.717, 1.165) is 24.5 Å². The van der Waals surface area contributed by atoms with Crippen LogP contribution in [0.4, 0.5) is 5.69 Å². The second kappa shape index (κ2) is 12.1. The predicted molar refractivity (Wildman–Crippen MR) is 103 cm³/mol. The van der Waals surface area contributed by atoms with Gasteiger partial charge < -0.3 is 20.3 Å². The Hall–Kier alpha value is -1.33. The fourth-order valence-electron chi connectivity index (χ4n) is 2.34. The summed E-state index contributed by atoms with van der Waals surface area (Å²) >= 11 is 5.37. The third-order valence-corrected chi connectivity index (χ3v) is 3.97. The number of methoxy groups -OCH3 is 1. The van der Waals surface area contributed by atoms with Gasteiger partial charge in [0.2, 0.25) is 0 Å². The van der Waals surface area contributed by atoms with Gasteiger partial charge in [0.1, 0.15) is 5.75 Å². The van der Waals surface area contributed by atoms with Crippen LogP contribution in [0.3, 0.4) is 0 Å². The Labute approximate surface area is 146 Å². The van der Waals surface area contributed by atoms with Crippen LogP contribution in [0.15, 0.2) is 24.3 Å². The van der Waals surface area contributed by atoms with Crippen molar-refractivity contribution in [1.82, 2.24) is 10.2 Å². The molecule has 1 aromatic rings. The van der Waals surface area contributed by atoms with Crippen molar-refractivity contribution in [1.29, 1.82) is 0 Å². The lowest BCUT2D eigenvalue weighted by molar-refractivity contribution is 0.269. The minimum atomic E-state index is 0.639. The molecule has 4 nitrogen and oxygen atoms in total. The third kappa shape index (κ3) is 8.18. The molecular weight excluding hydrogens is 306 g/mol. The highest BCUT2D eigenvalue weighted by molar-refractivity contribution is 7.80. The summed E-state index contributed by atoms with van der Waals surface area (Å²) in [5, 5.41) is 7.13. The number of thiocarbonyl (C=S) groups is 1. The molecule has 0 spiro atoms. The summed E-state index contributed by atoms with van der Waals surface area (Å²) in [6.45, 7) is 8.70. The van der Waals surface area contributed by atoms with Gasteiger partial charge in [-0.15, -0.1) is 0 Å². The number of para-hydroxylation sites is 2. The van der Waals surface area contributed by atoms with E-state index in [1.54, 1.807) is 7.11 Å². The molecule has 0 heterocycles. The van der Waals surface area contributed by atoms with Crippen molar-refractivity contribution in [2.24, 2.45) is 0 Å². The molecule has 0 aromatic heterocycles. The van der Waals surface area contributed by atoms with Crippen LogP contribution in [0.5, 0.6) is 5.75 Å². The molecule has 2 N–H and O–H groups in total. The fraction of sp³-hybridized carbons (Fsp3) is 0.611. The Balaban J connectivity index is 2.36. The third-order valence-electron chi connectivity index (χ3n) is 3.72. The van der Waals surface area contributed by atoms with Crippen molar-refractivity contribution in [3.05, 3.63) is 24.3 Å². The quantitative estimate of drug-likeness (QED) is 0.599. The first-order valence-corrected chi connectivity index (χ1v) is 9.02. The number of nitrogens with zero attached hydrogens (tertiary/aromatic N) is 1. The molecule has 0 radical (unpaired) electrons. The Morgan fingerprint density at radius 3 is 2.35 bits per heavy atom. The molecule has 130 valence electrons. The first kappa shape index (κ1) is 19.7. The summed E-state index contributed by atoms with van der Waals surface area (Å²) in [5.41, 5.74) is 0.890. The van der Waals surface area contributed by atoms with Gasteiger partial charge in [-0.2, -0.15) is 0 Å². The minimum Gasteiger partial charge on any atom is -0.495 e. The van der Waals surface area contributed by atoms with E-state index in [1.165, 1.54) is 38.8 Å². The number of anilines is 1. The average molecular weight is 338 g/mol. The maximum Gasteiger partial charge on any atom is 0.170 e. The first-order valence-electron chi connectivity index (χ1n) is 8.61. The Kier molecular flexibility index (Phi) is 10.4. The summed E-state index contributed by atoms with van der Waals surface area (Å²) in [7, 11) is 1.66. The van der Waals surface area contributed by atoms with Gasteiger partial charge >= 0.3 is 0 Å². The topological polar surface area (TPSA) is 36.5 Å². The van der Waals surface area contributed by atoms with Gasteiger partial charge in [0.25, 0.3) is 0 Å². The van der Waals surface area contributed by atoms with E-state index in [-0.39, 0.29) is 0 Å². The van der Waals surface area contributed by atoms with Crippen LogP contribution in [0.25, 0.3) is 0 Å². The largest absolute Gasteiger partial charge is 0.495 e. The lowest BCUT2D eigenvalue weighted by atomic mass is 10.2. The molecule has 0 fully saturated rings. The molecule has 0 saturated heterocycles. The molecule has 0 saturated carbocycles. The molecule has 0 aliphatic carbocycles. The van der Waals surface area contributed by atoms with Gasteiger partial charge in [-0.25, -0.2) is 0 Å². The maximum absolute atomic E-state index is 5.37. The standard InChI is InChI=1S/C18H31N3OS/c1-4-6-13-21(14-7-5-2)15-12-19-18(23)20-16-10-8-9-11-17(16)22-3/h8-11H,4-7,12-15H2,1-3H3,(H2,19,20,23). The van der Waals surface area contributed by atoms with Gasteiger partial charge in [0.05, 0.1) is 12.8 Å². The maximum atomic E-state index is 5.37. The SMILES string of the molecule is CCCCN(CCCC)CCNC(=S)Nc1ccccc1OC. The fourth-order valence-corrected chi connectivity index (χ4v) is 2.55. The number of nitrogens with one attached hydrogen (secondary N) is 2. The molecule has 5 heteroatoms. The van der Waals surface area contributed by atoms with Crippen molar-refractivity contribution >= 4 is 23.0 Å². The molecule has 0 unspecified atom stereocenters. The molecule has 0 aliphatic rings. The molecule has 1 aromatic carbocycles. The zero-order valence-electron chi connectivity index (χ0n) is 14.7. The van der Waals surface area contributed by atoms with Gasteiger partial charge in [0.15, 0.2) is 5.11 Å². The number of benzene rings is 1. The van der Waals surface area contributed by atoms with E-state index in [1.807, 2.05) is 24.3 Å². The van der Waals surface area contributed by atoms with Crippen LogP contribution in [0, 0.1) is 0 Å². The van der Waals surface area contributed by atoms with Crippen molar-refractivity contribution in [2.45, 2.75) is 39.5 Å². The minimum absolute atomic E-state index is 0.639. The van der Waals surface area contributed by atoms with E-state index < -0.39 is 0 Å². The number of hydrogen-bond donors (Lipinski definition) is 2. The van der Waals surface area contributed by atoms with Crippen molar-refractivity contribution in [3.63, 3.8) is 0 Å². The summed E-state index contributed by atoms with van der Waals surface area (Å²) in [5.74, 6) is 0.796. The summed E-state index contributed by atoms with van der Waals surface area (Å²) in [6, 6.07) is 7.79. The monoisotopic (exact) mass is 337 g/mol. The molecule has 1 rings (SSSR count). The van der Waals surface area contributed by atoms with Crippen LogP contribution in [-0.4, -0.2) is 43.3 Å². The second-order valence-electron chi connectivity index (χ2n) is 5.63. The Morgan fingerprint density at radius 2 is 1.74 bits per heavy atom. The van der Waals surface area contributed by atoms with Gasteiger partial charge in [-0.05, 0) is 50.3 Å². The zero-order valence-corrected chi connectivity index (χ0v) is 15.5.